The second kappa shape index (κ2) is 4.55. The van der Waals surface area contributed by atoms with Crippen LogP contribution < -0.4 is 5.32 Å². The summed E-state index contributed by atoms with van der Waals surface area (Å²) in [7, 11) is 0. The molecular formula is C16H18N2OS. The van der Waals surface area contributed by atoms with Crippen LogP contribution in [0, 0.1) is 24.7 Å². The fourth-order valence-corrected chi connectivity index (χ4v) is 4.82. The molecular weight excluding hydrogens is 268 g/mol. The lowest BCUT2D eigenvalue weighted by atomic mass is 9.88. The lowest BCUT2D eigenvalue weighted by Crippen LogP contribution is -2.27. The number of thiazole rings is 1. The van der Waals surface area contributed by atoms with Crippen molar-refractivity contribution in [2.75, 3.05) is 5.32 Å². The molecule has 4 rings (SSSR count). The van der Waals surface area contributed by atoms with E-state index in [1.807, 2.05) is 6.07 Å². The van der Waals surface area contributed by atoms with Crippen LogP contribution in [-0.2, 0) is 4.79 Å². The average Bonchev–Trinajstić information content (AvgIpc) is 3.11. The van der Waals surface area contributed by atoms with Crippen molar-refractivity contribution < 1.29 is 4.79 Å². The predicted octanol–water partition coefficient (Wildman–Crippen LogP) is 3.98. The van der Waals surface area contributed by atoms with Crippen LogP contribution in [0.1, 0.15) is 31.2 Å². The van der Waals surface area contributed by atoms with Crippen LogP contribution in [-0.4, -0.2) is 10.9 Å². The van der Waals surface area contributed by atoms with Crippen LogP contribution in [0.4, 0.5) is 5.13 Å². The normalized spacial score (nSPS) is 28.1. The van der Waals surface area contributed by atoms with E-state index < -0.39 is 0 Å². The summed E-state index contributed by atoms with van der Waals surface area (Å²) in [5.74, 6) is 1.83. The van der Waals surface area contributed by atoms with Gasteiger partial charge in [-0.15, -0.1) is 0 Å². The summed E-state index contributed by atoms with van der Waals surface area (Å²) in [6, 6.07) is 6.21. The molecule has 0 saturated heterocycles. The Morgan fingerprint density at radius 3 is 3.00 bits per heavy atom. The highest BCUT2D eigenvalue weighted by molar-refractivity contribution is 7.22. The monoisotopic (exact) mass is 286 g/mol. The van der Waals surface area contributed by atoms with Gasteiger partial charge >= 0.3 is 0 Å². The topological polar surface area (TPSA) is 42.0 Å². The van der Waals surface area contributed by atoms with Crippen molar-refractivity contribution in [3.8, 4) is 0 Å². The highest BCUT2D eigenvalue weighted by Gasteiger charge is 2.43. The van der Waals surface area contributed by atoms with E-state index in [1.54, 1.807) is 11.3 Å². The molecule has 2 saturated carbocycles. The van der Waals surface area contributed by atoms with Crippen molar-refractivity contribution in [1.29, 1.82) is 0 Å². The van der Waals surface area contributed by atoms with E-state index in [0.717, 1.165) is 27.7 Å². The molecule has 3 atom stereocenters. The van der Waals surface area contributed by atoms with Crippen LogP contribution in [0.5, 0.6) is 0 Å². The molecule has 0 unspecified atom stereocenters. The summed E-state index contributed by atoms with van der Waals surface area (Å²) in [6.07, 6.45) is 4.91. The SMILES string of the molecule is Cc1ccc2nc(NC(=O)[C@H]3C[C@H]4CC[C@@H]3C4)sc2c1. The maximum absolute atomic E-state index is 12.4. The molecule has 2 aliphatic carbocycles. The molecule has 1 aromatic carbocycles. The van der Waals surface area contributed by atoms with E-state index in [1.165, 1.54) is 24.8 Å². The van der Waals surface area contributed by atoms with Crippen LogP contribution in [0.15, 0.2) is 18.2 Å². The van der Waals surface area contributed by atoms with Gasteiger partial charge in [0.15, 0.2) is 5.13 Å². The Bertz CT molecular complexity index is 678. The molecule has 1 N–H and O–H groups in total. The number of nitrogens with zero attached hydrogens (tertiary/aromatic N) is 1. The van der Waals surface area contributed by atoms with Gasteiger partial charge in [-0.3, -0.25) is 4.79 Å². The van der Waals surface area contributed by atoms with Gasteiger partial charge in [-0.25, -0.2) is 4.98 Å². The number of carbonyl (C=O) groups excluding carboxylic acids is 1. The smallest absolute Gasteiger partial charge is 0.229 e. The molecule has 1 heterocycles. The minimum absolute atomic E-state index is 0.188. The molecule has 0 radical (unpaired) electrons. The highest BCUT2D eigenvalue weighted by Crippen LogP contribution is 2.48. The van der Waals surface area contributed by atoms with Crippen molar-refractivity contribution in [3.63, 3.8) is 0 Å². The maximum atomic E-state index is 12.4. The average molecular weight is 286 g/mol. The zero-order valence-corrected chi connectivity index (χ0v) is 12.4. The first-order valence-electron chi connectivity index (χ1n) is 7.37. The second-order valence-electron chi connectivity index (χ2n) is 6.26. The minimum atomic E-state index is 0.188. The Kier molecular flexibility index (Phi) is 2.81. The molecule has 2 fully saturated rings. The van der Waals surface area contributed by atoms with E-state index in [0.29, 0.717) is 5.92 Å². The van der Waals surface area contributed by atoms with Crippen LogP contribution in [0.25, 0.3) is 10.2 Å². The molecule has 2 aromatic rings. The lowest BCUT2D eigenvalue weighted by molar-refractivity contribution is -0.121. The summed E-state index contributed by atoms with van der Waals surface area (Å²) >= 11 is 1.58. The maximum Gasteiger partial charge on any atom is 0.229 e. The Morgan fingerprint density at radius 2 is 2.25 bits per heavy atom. The second-order valence-corrected chi connectivity index (χ2v) is 7.29. The Labute approximate surface area is 122 Å². The number of rotatable bonds is 2. The number of amides is 1. The largest absolute Gasteiger partial charge is 0.302 e. The fraction of sp³-hybridized carbons (Fsp3) is 0.500. The zero-order chi connectivity index (χ0) is 13.7. The van der Waals surface area contributed by atoms with Crippen LogP contribution in [0.2, 0.25) is 0 Å². The van der Waals surface area contributed by atoms with E-state index in [2.05, 4.69) is 29.4 Å². The molecule has 1 aromatic heterocycles. The molecule has 4 heteroatoms. The third kappa shape index (κ3) is 2.03. The van der Waals surface area contributed by atoms with Crippen molar-refractivity contribution in [1.82, 2.24) is 4.98 Å². The number of hydrogen-bond donors (Lipinski definition) is 1. The number of benzene rings is 1. The van der Waals surface area contributed by atoms with Crippen molar-refractivity contribution in [2.45, 2.75) is 32.6 Å². The van der Waals surface area contributed by atoms with Gasteiger partial charge in [0, 0.05) is 5.92 Å². The standard InChI is InChI=1S/C16H18N2OS/c1-9-2-5-13-14(6-9)20-16(17-13)18-15(19)12-8-10-3-4-11(12)7-10/h2,5-6,10-12H,3-4,7-8H2,1H3,(H,17,18,19)/t10-,11+,12-/m0/s1. The molecule has 104 valence electrons. The molecule has 20 heavy (non-hydrogen) atoms. The first-order valence-corrected chi connectivity index (χ1v) is 8.19. The summed E-state index contributed by atoms with van der Waals surface area (Å²) in [5, 5.41) is 3.79. The summed E-state index contributed by atoms with van der Waals surface area (Å²) in [6.45, 7) is 2.08. The minimum Gasteiger partial charge on any atom is -0.302 e. The van der Waals surface area contributed by atoms with Crippen molar-refractivity contribution in [2.24, 2.45) is 17.8 Å². The van der Waals surface area contributed by atoms with Crippen molar-refractivity contribution >= 4 is 32.6 Å². The predicted molar refractivity (Wildman–Crippen MR) is 81.9 cm³/mol. The summed E-state index contributed by atoms with van der Waals surface area (Å²) in [5.41, 5.74) is 2.20. The highest BCUT2D eigenvalue weighted by atomic mass is 32.1. The molecule has 0 aliphatic heterocycles. The van der Waals surface area contributed by atoms with E-state index >= 15 is 0 Å². The van der Waals surface area contributed by atoms with Gasteiger partial charge in [0.05, 0.1) is 10.2 Å². The van der Waals surface area contributed by atoms with E-state index in [-0.39, 0.29) is 11.8 Å². The van der Waals surface area contributed by atoms with E-state index in [9.17, 15) is 4.79 Å². The first-order chi connectivity index (χ1) is 9.69. The van der Waals surface area contributed by atoms with Gasteiger partial charge in [0.2, 0.25) is 5.91 Å². The van der Waals surface area contributed by atoms with Gasteiger partial charge < -0.3 is 5.32 Å². The van der Waals surface area contributed by atoms with Crippen LogP contribution in [0.3, 0.4) is 0 Å². The van der Waals surface area contributed by atoms with Gasteiger partial charge in [-0.1, -0.05) is 23.8 Å². The Morgan fingerprint density at radius 1 is 1.35 bits per heavy atom. The Balaban J connectivity index is 1.53. The third-order valence-electron chi connectivity index (χ3n) is 4.85. The lowest BCUT2D eigenvalue weighted by Gasteiger charge is -2.19. The molecule has 2 bridgehead atoms. The summed E-state index contributed by atoms with van der Waals surface area (Å²) in [4.78, 5) is 16.9. The third-order valence-corrected chi connectivity index (χ3v) is 5.78. The fourth-order valence-electron chi connectivity index (χ4n) is 3.85. The van der Waals surface area contributed by atoms with Gasteiger partial charge in [-0.05, 0) is 55.7 Å². The number of fused-ring (bicyclic) bond motifs is 3. The van der Waals surface area contributed by atoms with Gasteiger partial charge in [0.25, 0.3) is 0 Å². The molecule has 0 spiro atoms. The van der Waals surface area contributed by atoms with Crippen molar-refractivity contribution in [3.05, 3.63) is 23.8 Å². The molecule has 3 nitrogen and oxygen atoms in total. The van der Waals surface area contributed by atoms with Crippen LogP contribution >= 0.6 is 11.3 Å². The quantitative estimate of drug-likeness (QED) is 0.907. The number of nitrogens with one attached hydrogen (secondary N) is 1. The summed E-state index contributed by atoms with van der Waals surface area (Å²) < 4.78 is 1.15. The number of aromatic nitrogens is 1. The van der Waals surface area contributed by atoms with E-state index in [4.69, 9.17) is 0 Å². The number of carbonyl (C=O) groups is 1. The molecule has 1 amide bonds. The molecule has 2 aliphatic rings. The number of aryl methyl sites for hydroxylation is 1. The number of hydrogen-bond acceptors (Lipinski definition) is 3. The Hall–Kier alpha value is -1.42. The zero-order valence-electron chi connectivity index (χ0n) is 11.6. The first kappa shape index (κ1) is 12.3. The van der Waals surface area contributed by atoms with Gasteiger partial charge in [-0.2, -0.15) is 0 Å². The van der Waals surface area contributed by atoms with Gasteiger partial charge in [0.1, 0.15) is 0 Å². The number of anilines is 1.